The molecule has 0 aliphatic carbocycles. The number of nitrogens with zero attached hydrogens (tertiary/aromatic N) is 2. The van der Waals surface area contributed by atoms with Crippen LogP contribution in [-0.4, -0.2) is 31.6 Å². The van der Waals surface area contributed by atoms with Gasteiger partial charge in [0.05, 0.1) is 11.3 Å². The van der Waals surface area contributed by atoms with Crippen molar-refractivity contribution in [2.24, 2.45) is 5.73 Å². The second kappa shape index (κ2) is 5.25. The first-order chi connectivity index (χ1) is 8.63. The molecule has 1 aromatic rings. The number of piperazine rings is 1. The molecule has 1 fully saturated rings. The predicted octanol–water partition coefficient (Wildman–Crippen LogP) is 0.475. The number of carbonyl (C=O) groups excluding carboxylic acids is 1. The molecule has 5 nitrogen and oxygen atoms in total. The van der Waals surface area contributed by atoms with Crippen molar-refractivity contribution in [3.05, 3.63) is 28.8 Å². The number of primary amides is 1. The van der Waals surface area contributed by atoms with Crippen LogP contribution in [0.5, 0.6) is 0 Å². The average Bonchev–Trinajstić information content (AvgIpc) is 2.38. The molecule has 0 bridgehead atoms. The van der Waals surface area contributed by atoms with Crippen molar-refractivity contribution in [2.45, 2.75) is 6.04 Å². The van der Waals surface area contributed by atoms with Crippen LogP contribution in [0.25, 0.3) is 0 Å². The van der Waals surface area contributed by atoms with E-state index in [1.165, 1.54) is 0 Å². The van der Waals surface area contributed by atoms with Crippen LogP contribution < -0.4 is 16.0 Å². The van der Waals surface area contributed by atoms with E-state index in [0.717, 1.165) is 6.54 Å². The lowest BCUT2D eigenvalue weighted by Gasteiger charge is -2.36. The van der Waals surface area contributed by atoms with Crippen LogP contribution in [0.1, 0.15) is 5.56 Å². The predicted molar refractivity (Wildman–Crippen MR) is 69.4 cm³/mol. The zero-order valence-electron chi connectivity index (χ0n) is 9.69. The van der Waals surface area contributed by atoms with E-state index in [4.69, 9.17) is 22.6 Å². The third-order valence-corrected chi connectivity index (χ3v) is 3.20. The Morgan fingerprint density at radius 1 is 1.61 bits per heavy atom. The zero-order valence-corrected chi connectivity index (χ0v) is 10.4. The Hall–Kier alpha value is -1.77. The smallest absolute Gasteiger partial charge is 0.241 e. The maximum Gasteiger partial charge on any atom is 0.241 e. The quantitative estimate of drug-likeness (QED) is 0.814. The van der Waals surface area contributed by atoms with Gasteiger partial charge < -0.3 is 16.0 Å². The van der Waals surface area contributed by atoms with Crippen LogP contribution in [0.4, 0.5) is 5.69 Å². The molecule has 6 heteroatoms. The average molecular weight is 265 g/mol. The highest BCUT2D eigenvalue weighted by Gasteiger charge is 2.28. The number of anilines is 1. The second-order valence-electron chi connectivity index (χ2n) is 4.09. The first kappa shape index (κ1) is 12.7. The van der Waals surface area contributed by atoms with Crippen molar-refractivity contribution in [1.82, 2.24) is 5.32 Å². The van der Waals surface area contributed by atoms with Gasteiger partial charge in [-0.3, -0.25) is 4.79 Å². The van der Waals surface area contributed by atoms with Crippen molar-refractivity contribution >= 4 is 23.2 Å². The summed E-state index contributed by atoms with van der Waals surface area (Å²) in [4.78, 5) is 13.3. The number of hydrogen-bond acceptors (Lipinski definition) is 4. The topological polar surface area (TPSA) is 82.2 Å². The van der Waals surface area contributed by atoms with Gasteiger partial charge >= 0.3 is 0 Å². The highest BCUT2D eigenvalue weighted by molar-refractivity contribution is 6.30. The Bertz CT molecular complexity index is 511. The van der Waals surface area contributed by atoms with Crippen molar-refractivity contribution in [2.75, 3.05) is 24.5 Å². The molecule has 1 aliphatic heterocycles. The SMILES string of the molecule is N#Cc1cc(Cl)ccc1N1CCNCC1C(N)=O. The summed E-state index contributed by atoms with van der Waals surface area (Å²) in [5, 5.41) is 12.7. The molecule has 0 spiro atoms. The normalized spacial score (nSPS) is 19.3. The summed E-state index contributed by atoms with van der Waals surface area (Å²) in [6.07, 6.45) is 0. The number of nitriles is 1. The third-order valence-electron chi connectivity index (χ3n) is 2.96. The number of benzene rings is 1. The monoisotopic (exact) mass is 264 g/mol. The van der Waals surface area contributed by atoms with Crippen molar-refractivity contribution in [3.8, 4) is 6.07 Å². The molecule has 1 saturated heterocycles. The third kappa shape index (κ3) is 2.40. The minimum absolute atomic E-state index is 0.402. The molecule has 18 heavy (non-hydrogen) atoms. The number of halogens is 1. The summed E-state index contributed by atoms with van der Waals surface area (Å²) in [5.74, 6) is -0.402. The highest BCUT2D eigenvalue weighted by Crippen LogP contribution is 2.26. The molecule has 0 saturated carbocycles. The molecule has 0 aromatic heterocycles. The number of nitrogens with two attached hydrogens (primary N) is 1. The second-order valence-corrected chi connectivity index (χ2v) is 4.53. The van der Waals surface area contributed by atoms with Gasteiger partial charge in [0.1, 0.15) is 12.1 Å². The lowest BCUT2D eigenvalue weighted by Crippen LogP contribution is -2.57. The van der Waals surface area contributed by atoms with Crippen LogP contribution >= 0.6 is 11.6 Å². The minimum atomic E-state index is -0.438. The first-order valence-corrected chi connectivity index (χ1v) is 5.97. The molecule has 94 valence electrons. The number of nitrogens with one attached hydrogen (secondary N) is 1. The molecule has 1 amide bonds. The van der Waals surface area contributed by atoms with Gasteiger partial charge in [-0.05, 0) is 18.2 Å². The molecule has 1 unspecified atom stereocenters. The fraction of sp³-hybridized carbons (Fsp3) is 0.333. The number of hydrogen-bond donors (Lipinski definition) is 2. The van der Waals surface area contributed by atoms with Gasteiger partial charge in [0, 0.05) is 24.7 Å². The van der Waals surface area contributed by atoms with E-state index in [0.29, 0.717) is 29.4 Å². The van der Waals surface area contributed by atoms with Crippen molar-refractivity contribution in [3.63, 3.8) is 0 Å². The summed E-state index contributed by atoms with van der Waals surface area (Å²) < 4.78 is 0. The van der Waals surface area contributed by atoms with E-state index < -0.39 is 11.9 Å². The highest BCUT2D eigenvalue weighted by atomic mass is 35.5. The Labute approximate surface area is 110 Å². The van der Waals surface area contributed by atoms with E-state index in [1.54, 1.807) is 18.2 Å². The summed E-state index contributed by atoms with van der Waals surface area (Å²) in [6, 6.07) is 6.71. The molecule has 3 N–H and O–H groups in total. The standard InChI is InChI=1S/C12H13ClN4O/c13-9-1-2-10(8(5-9)6-14)17-4-3-16-7-11(17)12(15)18/h1-2,5,11,16H,3-4,7H2,(H2,15,18). The summed E-state index contributed by atoms with van der Waals surface area (Å²) >= 11 is 5.86. The molecule has 2 rings (SSSR count). The van der Waals surface area contributed by atoms with Gasteiger partial charge in [0.2, 0.25) is 5.91 Å². The van der Waals surface area contributed by atoms with Gasteiger partial charge in [-0.2, -0.15) is 5.26 Å². The molecule has 1 aromatic carbocycles. The molecule has 1 heterocycles. The Morgan fingerprint density at radius 2 is 2.39 bits per heavy atom. The van der Waals surface area contributed by atoms with Gasteiger partial charge in [0.25, 0.3) is 0 Å². The Kier molecular flexibility index (Phi) is 3.70. The summed E-state index contributed by atoms with van der Waals surface area (Å²) in [5.41, 5.74) is 6.54. The molecule has 0 radical (unpaired) electrons. The van der Waals surface area contributed by atoms with Crippen molar-refractivity contribution in [1.29, 1.82) is 5.26 Å². The van der Waals surface area contributed by atoms with Gasteiger partial charge in [0.15, 0.2) is 0 Å². The number of rotatable bonds is 2. The lowest BCUT2D eigenvalue weighted by atomic mass is 10.1. The van der Waals surface area contributed by atoms with Crippen molar-refractivity contribution < 1.29 is 4.79 Å². The summed E-state index contributed by atoms with van der Waals surface area (Å²) in [6.45, 7) is 1.87. The van der Waals surface area contributed by atoms with Gasteiger partial charge in [-0.15, -0.1) is 0 Å². The van der Waals surface area contributed by atoms with Crippen LogP contribution in [0.3, 0.4) is 0 Å². The molecular weight excluding hydrogens is 252 g/mol. The zero-order chi connectivity index (χ0) is 13.1. The molecule has 1 atom stereocenters. The first-order valence-electron chi connectivity index (χ1n) is 5.60. The number of carbonyl (C=O) groups is 1. The van der Waals surface area contributed by atoms with Gasteiger partial charge in [-0.1, -0.05) is 11.6 Å². The largest absolute Gasteiger partial charge is 0.368 e. The Balaban J connectivity index is 2.40. The maximum atomic E-state index is 11.4. The lowest BCUT2D eigenvalue weighted by molar-refractivity contribution is -0.119. The molecular formula is C12H13ClN4O. The van der Waals surface area contributed by atoms with Crippen LogP contribution in [0, 0.1) is 11.3 Å². The van der Waals surface area contributed by atoms with Crippen LogP contribution in [0.2, 0.25) is 5.02 Å². The Morgan fingerprint density at radius 3 is 3.06 bits per heavy atom. The fourth-order valence-electron chi connectivity index (χ4n) is 2.10. The maximum absolute atomic E-state index is 11.4. The fourth-order valence-corrected chi connectivity index (χ4v) is 2.27. The van der Waals surface area contributed by atoms with E-state index >= 15 is 0 Å². The van der Waals surface area contributed by atoms with E-state index in [1.807, 2.05) is 4.90 Å². The number of amides is 1. The summed E-state index contributed by atoms with van der Waals surface area (Å²) in [7, 11) is 0. The minimum Gasteiger partial charge on any atom is -0.368 e. The van der Waals surface area contributed by atoms with Gasteiger partial charge in [-0.25, -0.2) is 0 Å². The van der Waals surface area contributed by atoms with E-state index in [9.17, 15) is 4.79 Å². The van der Waals surface area contributed by atoms with E-state index in [2.05, 4.69) is 11.4 Å². The molecule has 1 aliphatic rings. The van der Waals surface area contributed by atoms with E-state index in [-0.39, 0.29) is 0 Å². The van der Waals surface area contributed by atoms with Crippen LogP contribution in [0.15, 0.2) is 18.2 Å². The van der Waals surface area contributed by atoms with Crippen LogP contribution in [-0.2, 0) is 4.79 Å².